The van der Waals surface area contributed by atoms with Crippen LogP contribution in [0.5, 0.6) is 0 Å². The van der Waals surface area contributed by atoms with Gasteiger partial charge in [-0.1, -0.05) is 13.0 Å². The zero-order chi connectivity index (χ0) is 12.4. The molecule has 0 bridgehead atoms. The molecule has 1 aromatic heterocycles. The molecule has 94 valence electrons. The minimum atomic E-state index is -0.251. The first-order valence-electron chi connectivity index (χ1n) is 6.22. The second-order valence-corrected chi connectivity index (χ2v) is 5.02. The molecule has 1 aliphatic rings. The van der Waals surface area contributed by atoms with Crippen LogP contribution in [-0.4, -0.2) is 29.3 Å². The van der Waals surface area contributed by atoms with E-state index in [1.165, 1.54) is 0 Å². The van der Waals surface area contributed by atoms with Crippen LogP contribution in [0, 0.1) is 5.92 Å². The quantitative estimate of drug-likeness (QED) is 0.811. The first-order chi connectivity index (χ1) is 8.08. The number of anilines is 1. The molecular formula is C13H21N3O. The summed E-state index contributed by atoms with van der Waals surface area (Å²) in [5.74, 6) is 1.31. The molecule has 0 saturated carbocycles. The summed E-state index contributed by atoms with van der Waals surface area (Å²) in [5.41, 5.74) is 6.83. The SMILES string of the molecule is CC(N)c1ccc(N2CCC(C)C(O)C2)nc1. The maximum absolute atomic E-state index is 9.86. The lowest BCUT2D eigenvalue weighted by molar-refractivity contribution is 0.102. The molecule has 2 rings (SSSR count). The predicted octanol–water partition coefficient (Wildman–Crippen LogP) is 1.31. The van der Waals surface area contributed by atoms with Gasteiger partial charge in [-0.2, -0.15) is 0 Å². The molecule has 3 N–H and O–H groups in total. The number of aromatic nitrogens is 1. The number of aliphatic hydroxyl groups is 1. The Labute approximate surface area is 102 Å². The number of nitrogens with two attached hydrogens (primary N) is 1. The van der Waals surface area contributed by atoms with Crippen molar-refractivity contribution in [1.29, 1.82) is 0 Å². The number of rotatable bonds is 2. The van der Waals surface area contributed by atoms with Gasteiger partial charge < -0.3 is 15.7 Å². The molecule has 3 unspecified atom stereocenters. The third-order valence-electron chi connectivity index (χ3n) is 3.54. The second kappa shape index (κ2) is 5.02. The van der Waals surface area contributed by atoms with Crippen molar-refractivity contribution in [2.75, 3.05) is 18.0 Å². The second-order valence-electron chi connectivity index (χ2n) is 5.02. The number of hydrogen-bond donors (Lipinski definition) is 2. The summed E-state index contributed by atoms with van der Waals surface area (Å²) in [7, 11) is 0. The first-order valence-corrected chi connectivity index (χ1v) is 6.22. The lowest BCUT2D eigenvalue weighted by Crippen LogP contribution is -2.43. The van der Waals surface area contributed by atoms with Gasteiger partial charge in [0.1, 0.15) is 5.82 Å². The fourth-order valence-electron chi connectivity index (χ4n) is 2.11. The van der Waals surface area contributed by atoms with Crippen molar-refractivity contribution >= 4 is 5.82 Å². The van der Waals surface area contributed by atoms with Crippen molar-refractivity contribution in [2.45, 2.75) is 32.4 Å². The van der Waals surface area contributed by atoms with Crippen molar-refractivity contribution in [3.05, 3.63) is 23.9 Å². The van der Waals surface area contributed by atoms with E-state index >= 15 is 0 Å². The molecule has 0 aromatic carbocycles. The zero-order valence-corrected chi connectivity index (χ0v) is 10.5. The Morgan fingerprint density at radius 1 is 1.53 bits per heavy atom. The third-order valence-corrected chi connectivity index (χ3v) is 3.54. The van der Waals surface area contributed by atoms with Crippen LogP contribution in [0.15, 0.2) is 18.3 Å². The summed E-state index contributed by atoms with van der Waals surface area (Å²) in [6, 6.07) is 4.02. The van der Waals surface area contributed by atoms with E-state index in [0.29, 0.717) is 12.5 Å². The van der Waals surface area contributed by atoms with Gasteiger partial charge >= 0.3 is 0 Å². The van der Waals surface area contributed by atoms with Crippen molar-refractivity contribution in [2.24, 2.45) is 11.7 Å². The molecule has 3 atom stereocenters. The van der Waals surface area contributed by atoms with Crippen LogP contribution in [0.4, 0.5) is 5.82 Å². The van der Waals surface area contributed by atoms with Gasteiger partial charge in [-0.05, 0) is 30.9 Å². The van der Waals surface area contributed by atoms with E-state index in [-0.39, 0.29) is 12.1 Å². The molecule has 2 heterocycles. The average Bonchev–Trinajstić information content (AvgIpc) is 2.33. The highest BCUT2D eigenvalue weighted by Gasteiger charge is 2.24. The molecule has 4 nitrogen and oxygen atoms in total. The Bertz CT molecular complexity index is 363. The van der Waals surface area contributed by atoms with Crippen LogP contribution >= 0.6 is 0 Å². The van der Waals surface area contributed by atoms with Gasteiger partial charge in [-0.25, -0.2) is 4.98 Å². The van der Waals surface area contributed by atoms with E-state index in [2.05, 4.69) is 16.8 Å². The number of aliphatic hydroxyl groups excluding tert-OH is 1. The van der Waals surface area contributed by atoms with Gasteiger partial charge in [0.2, 0.25) is 0 Å². The standard InChI is InChI=1S/C13H21N3O/c1-9-5-6-16(8-12(9)17)13-4-3-11(7-15-13)10(2)14/h3-4,7,9-10,12,17H,5-6,8,14H2,1-2H3. The monoisotopic (exact) mass is 235 g/mol. The number of β-amino-alcohol motifs (C(OH)–C–C–N with tert-alkyl or cyclic N) is 1. The van der Waals surface area contributed by atoms with Gasteiger partial charge in [0.05, 0.1) is 6.10 Å². The van der Waals surface area contributed by atoms with Gasteiger partial charge in [0.25, 0.3) is 0 Å². The Balaban J connectivity index is 2.07. The Kier molecular flexibility index (Phi) is 3.64. The highest BCUT2D eigenvalue weighted by Crippen LogP contribution is 2.22. The number of piperidine rings is 1. The first kappa shape index (κ1) is 12.3. The van der Waals surface area contributed by atoms with E-state index in [4.69, 9.17) is 5.73 Å². The molecule has 0 spiro atoms. The van der Waals surface area contributed by atoms with Crippen LogP contribution < -0.4 is 10.6 Å². The largest absolute Gasteiger partial charge is 0.391 e. The van der Waals surface area contributed by atoms with E-state index in [1.54, 1.807) is 0 Å². The van der Waals surface area contributed by atoms with E-state index < -0.39 is 0 Å². The fourth-order valence-corrected chi connectivity index (χ4v) is 2.11. The number of hydrogen-bond acceptors (Lipinski definition) is 4. The predicted molar refractivity (Wildman–Crippen MR) is 68.8 cm³/mol. The fraction of sp³-hybridized carbons (Fsp3) is 0.615. The summed E-state index contributed by atoms with van der Waals surface area (Å²) in [5, 5.41) is 9.86. The molecule has 0 radical (unpaired) electrons. The summed E-state index contributed by atoms with van der Waals surface area (Å²) >= 11 is 0. The van der Waals surface area contributed by atoms with E-state index in [1.807, 2.05) is 25.3 Å². The highest BCUT2D eigenvalue weighted by molar-refractivity contribution is 5.40. The van der Waals surface area contributed by atoms with Crippen LogP contribution in [0.3, 0.4) is 0 Å². The normalized spacial score (nSPS) is 26.9. The number of nitrogens with zero attached hydrogens (tertiary/aromatic N) is 2. The molecule has 0 aliphatic carbocycles. The van der Waals surface area contributed by atoms with Gasteiger partial charge in [-0.15, -0.1) is 0 Å². The number of pyridine rings is 1. The van der Waals surface area contributed by atoms with Crippen molar-refractivity contribution < 1.29 is 5.11 Å². The summed E-state index contributed by atoms with van der Waals surface area (Å²) in [6.45, 7) is 5.67. The van der Waals surface area contributed by atoms with Gasteiger partial charge in [0, 0.05) is 25.3 Å². The van der Waals surface area contributed by atoms with E-state index in [0.717, 1.165) is 24.3 Å². The summed E-state index contributed by atoms with van der Waals surface area (Å²) in [4.78, 5) is 6.55. The minimum absolute atomic E-state index is 0.0171. The Hall–Kier alpha value is -1.13. The maximum Gasteiger partial charge on any atom is 0.128 e. The minimum Gasteiger partial charge on any atom is -0.391 e. The van der Waals surface area contributed by atoms with Crippen molar-refractivity contribution in [3.63, 3.8) is 0 Å². The molecule has 1 aromatic rings. The molecule has 17 heavy (non-hydrogen) atoms. The van der Waals surface area contributed by atoms with E-state index in [9.17, 15) is 5.11 Å². The van der Waals surface area contributed by atoms with Crippen LogP contribution in [0.1, 0.15) is 31.9 Å². The lowest BCUT2D eigenvalue weighted by atomic mass is 9.96. The topological polar surface area (TPSA) is 62.4 Å². The Morgan fingerprint density at radius 3 is 2.82 bits per heavy atom. The van der Waals surface area contributed by atoms with Crippen molar-refractivity contribution in [1.82, 2.24) is 4.98 Å². The van der Waals surface area contributed by atoms with Gasteiger partial charge in [0.15, 0.2) is 0 Å². The lowest BCUT2D eigenvalue weighted by Gasteiger charge is -2.35. The maximum atomic E-state index is 9.86. The van der Waals surface area contributed by atoms with Crippen LogP contribution in [0.25, 0.3) is 0 Å². The van der Waals surface area contributed by atoms with Crippen LogP contribution in [0.2, 0.25) is 0 Å². The molecule has 0 amide bonds. The average molecular weight is 235 g/mol. The third kappa shape index (κ3) is 2.76. The summed E-state index contributed by atoms with van der Waals surface area (Å²) < 4.78 is 0. The molecular weight excluding hydrogens is 214 g/mol. The molecule has 1 saturated heterocycles. The molecule has 4 heteroatoms. The Morgan fingerprint density at radius 2 is 2.29 bits per heavy atom. The zero-order valence-electron chi connectivity index (χ0n) is 10.5. The highest BCUT2D eigenvalue weighted by atomic mass is 16.3. The van der Waals surface area contributed by atoms with Crippen molar-refractivity contribution in [3.8, 4) is 0 Å². The van der Waals surface area contributed by atoms with Gasteiger partial charge in [-0.3, -0.25) is 0 Å². The molecule has 1 fully saturated rings. The molecule has 1 aliphatic heterocycles. The smallest absolute Gasteiger partial charge is 0.128 e. The summed E-state index contributed by atoms with van der Waals surface area (Å²) in [6.07, 6.45) is 2.58. The van der Waals surface area contributed by atoms with Crippen LogP contribution in [-0.2, 0) is 0 Å².